The summed E-state index contributed by atoms with van der Waals surface area (Å²) in [7, 11) is 0. The van der Waals surface area contributed by atoms with E-state index in [4.69, 9.17) is 4.74 Å². The summed E-state index contributed by atoms with van der Waals surface area (Å²) in [6.07, 6.45) is 2.37. The van der Waals surface area contributed by atoms with Crippen LogP contribution in [0.15, 0.2) is 18.5 Å². The van der Waals surface area contributed by atoms with E-state index in [0.29, 0.717) is 19.8 Å². The number of hydrogen-bond acceptors (Lipinski definition) is 3. The van der Waals surface area contributed by atoms with Crippen molar-refractivity contribution >= 4 is 21.8 Å². The van der Waals surface area contributed by atoms with Gasteiger partial charge in [-0.2, -0.15) is 0 Å². The number of amides is 1. The van der Waals surface area contributed by atoms with Gasteiger partial charge in [-0.25, -0.2) is 4.39 Å². The molecule has 0 bridgehead atoms. The molecule has 6 heteroatoms. The zero-order chi connectivity index (χ0) is 11.8. The first-order valence-corrected chi connectivity index (χ1v) is 5.88. The molecule has 16 heavy (non-hydrogen) atoms. The third-order valence-electron chi connectivity index (χ3n) is 1.72. The Morgan fingerprint density at radius 3 is 3.00 bits per heavy atom. The number of pyridine rings is 1. The normalized spacial score (nSPS) is 10.1. The predicted molar refractivity (Wildman–Crippen MR) is 61.1 cm³/mol. The van der Waals surface area contributed by atoms with Crippen molar-refractivity contribution in [3.63, 3.8) is 0 Å². The molecule has 0 saturated heterocycles. The Morgan fingerprint density at radius 1 is 1.50 bits per heavy atom. The van der Waals surface area contributed by atoms with Crippen molar-refractivity contribution in [2.45, 2.75) is 0 Å². The quantitative estimate of drug-likeness (QED) is 0.636. The number of carbonyl (C=O) groups excluding carboxylic acids is 1. The van der Waals surface area contributed by atoms with Crippen LogP contribution >= 0.6 is 15.9 Å². The summed E-state index contributed by atoms with van der Waals surface area (Å²) in [6.45, 7) is 1.42. The standard InChI is InChI=1S/C10H12BrFN2O2/c11-1-3-16-4-2-14-10(15)8-5-9(12)7-13-6-8/h5-7H,1-4H2,(H,14,15). The number of ether oxygens (including phenoxy) is 1. The lowest BCUT2D eigenvalue weighted by Gasteiger charge is -2.05. The van der Waals surface area contributed by atoms with Crippen LogP contribution in [0.3, 0.4) is 0 Å². The van der Waals surface area contributed by atoms with Gasteiger partial charge in [-0.1, -0.05) is 15.9 Å². The second-order valence-electron chi connectivity index (χ2n) is 2.95. The third-order valence-corrected chi connectivity index (χ3v) is 2.04. The van der Waals surface area contributed by atoms with Gasteiger partial charge in [0.15, 0.2) is 0 Å². The largest absolute Gasteiger partial charge is 0.379 e. The van der Waals surface area contributed by atoms with Crippen LogP contribution in [0, 0.1) is 5.82 Å². The fourth-order valence-corrected chi connectivity index (χ4v) is 1.26. The van der Waals surface area contributed by atoms with Gasteiger partial charge in [-0.05, 0) is 6.07 Å². The molecule has 1 aromatic heterocycles. The van der Waals surface area contributed by atoms with Crippen molar-refractivity contribution in [2.75, 3.05) is 25.1 Å². The molecule has 0 unspecified atom stereocenters. The lowest BCUT2D eigenvalue weighted by molar-refractivity contribution is 0.0923. The lowest BCUT2D eigenvalue weighted by Crippen LogP contribution is -2.27. The summed E-state index contributed by atoms with van der Waals surface area (Å²) in [5, 5.41) is 3.36. The molecule has 0 spiro atoms. The number of nitrogens with one attached hydrogen (secondary N) is 1. The highest BCUT2D eigenvalue weighted by Gasteiger charge is 2.05. The van der Waals surface area contributed by atoms with Gasteiger partial charge >= 0.3 is 0 Å². The second kappa shape index (κ2) is 7.29. The van der Waals surface area contributed by atoms with Gasteiger partial charge in [0, 0.05) is 18.1 Å². The van der Waals surface area contributed by atoms with Gasteiger partial charge in [-0.3, -0.25) is 9.78 Å². The Labute approximate surface area is 101 Å². The monoisotopic (exact) mass is 290 g/mol. The van der Waals surface area contributed by atoms with Gasteiger partial charge in [0.2, 0.25) is 0 Å². The summed E-state index contributed by atoms with van der Waals surface area (Å²) in [5.74, 6) is -0.877. The Morgan fingerprint density at radius 2 is 2.31 bits per heavy atom. The Hall–Kier alpha value is -1.01. The Balaban J connectivity index is 2.30. The molecule has 1 amide bonds. The first-order valence-electron chi connectivity index (χ1n) is 4.76. The number of hydrogen-bond donors (Lipinski definition) is 1. The highest BCUT2D eigenvalue weighted by Crippen LogP contribution is 1.99. The van der Waals surface area contributed by atoms with E-state index in [-0.39, 0.29) is 11.5 Å². The number of aromatic nitrogens is 1. The zero-order valence-electron chi connectivity index (χ0n) is 8.58. The highest BCUT2D eigenvalue weighted by atomic mass is 79.9. The van der Waals surface area contributed by atoms with E-state index in [2.05, 4.69) is 26.2 Å². The third kappa shape index (κ3) is 4.67. The van der Waals surface area contributed by atoms with E-state index in [1.54, 1.807) is 0 Å². The average Bonchev–Trinajstić information content (AvgIpc) is 2.28. The van der Waals surface area contributed by atoms with Crippen LogP contribution in [-0.2, 0) is 4.74 Å². The molecule has 4 nitrogen and oxygen atoms in total. The number of halogens is 2. The van der Waals surface area contributed by atoms with Gasteiger partial charge in [0.25, 0.3) is 5.91 Å². The van der Waals surface area contributed by atoms with Crippen LogP contribution < -0.4 is 5.32 Å². The average molecular weight is 291 g/mol. The van der Waals surface area contributed by atoms with Gasteiger partial charge in [-0.15, -0.1) is 0 Å². The molecule has 0 aromatic carbocycles. The van der Waals surface area contributed by atoms with E-state index in [1.165, 1.54) is 6.20 Å². The number of rotatable bonds is 6. The Bertz CT molecular complexity index is 349. The van der Waals surface area contributed by atoms with Gasteiger partial charge < -0.3 is 10.1 Å². The SMILES string of the molecule is O=C(NCCOCCBr)c1cncc(F)c1. The van der Waals surface area contributed by atoms with Crippen LogP contribution in [0.5, 0.6) is 0 Å². The topological polar surface area (TPSA) is 51.2 Å². The molecule has 0 atom stereocenters. The van der Waals surface area contributed by atoms with E-state index < -0.39 is 5.82 Å². The van der Waals surface area contributed by atoms with Crippen LogP contribution in [0.1, 0.15) is 10.4 Å². The fraction of sp³-hybridized carbons (Fsp3) is 0.400. The van der Waals surface area contributed by atoms with Crippen LogP contribution in [0.2, 0.25) is 0 Å². The smallest absolute Gasteiger partial charge is 0.253 e. The zero-order valence-corrected chi connectivity index (χ0v) is 10.2. The van der Waals surface area contributed by atoms with Gasteiger partial charge in [0.1, 0.15) is 5.82 Å². The van der Waals surface area contributed by atoms with Crippen molar-refractivity contribution in [3.8, 4) is 0 Å². The summed E-state index contributed by atoms with van der Waals surface area (Å²) in [6, 6.07) is 1.14. The first-order chi connectivity index (χ1) is 7.74. The van der Waals surface area contributed by atoms with Crippen molar-refractivity contribution in [1.82, 2.24) is 10.3 Å². The summed E-state index contributed by atoms with van der Waals surface area (Å²) in [5.41, 5.74) is 0.209. The second-order valence-corrected chi connectivity index (χ2v) is 3.74. The molecule has 0 aliphatic carbocycles. The summed E-state index contributed by atoms with van der Waals surface area (Å²) >= 11 is 3.21. The highest BCUT2D eigenvalue weighted by molar-refractivity contribution is 9.09. The fourth-order valence-electron chi connectivity index (χ4n) is 1.03. The molecule has 88 valence electrons. The Kier molecular flexibility index (Phi) is 5.95. The molecular formula is C10H12BrFN2O2. The molecule has 0 aliphatic rings. The maximum atomic E-state index is 12.7. The molecule has 0 aliphatic heterocycles. The molecule has 0 fully saturated rings. The maximum Gasteiger partial charge on any atom is 0.253 e. The number of nitrogens with zero attached hydrogens (tertiary/aromatic N) is 1. The minimum atomic E-state index is -0.525. The van der Waals surface area contributed by atoms with Crippen molar-refractivity contribution in [2.24, 2.45) is 0 Å². The molecule has 1 heterocycles. The van der Waals surface area contributed by atoms with E-state index in [0.717, 1.165) is 17.6 Å². The predicted octanol–water partition coefficient (Wildman–Crippen LogP) is 1.36. The van der Waals surface area contributed by atoms with E-state index in [9.17, 15) is 9.18 Å². The first kappa shape index (κ1) is 13.1. The maximum absolute atomic E-state index is 12.7. The van der Waals surface area contributed by atoms with Gasteiger partial charge in [0.05, 0.1) is 25.0 Å². The molecule has 1 aromatic rings. The van der Waals surface area contributed by atoms with Crippen molar-refractivity contribution in [1.29, 1.82) is 0 Å². The van der Waals surface area contributed by atoms with E-state index in [1.807, 2.05) is 0 Å². The molecule has 0 saturated carbocycles. The summed E-state index contributed by atoms with van der Waals surface area (Å²) in [4.78, 5) is 15.0. The van der Waals surface area contributed by atoms with E-state index >= 15 is 0 Å². The van der Waals surface area contributed by atoms with Crippen LogP contribution in [-0.4, -0.2) is 36.0 Å². The minimum Gasteiger partial charge on any atom is -0.379 e. The minimum absolute atomic E-state index is 0.209. The van der Waals surface area contributed by atoms with Crippen LogP contribution in [0.25, 0.3) is 0 Å². The molecular weight excluding hydrogens is 279 g/mol. The van der Waals surface area contributed by atoms with Crippen LogP contribution in [0.4, 0.5) is 4.39 Å². The number of carbonyl (C=O) groups is 1. The van der Waals surface area contributed by atoms with Crippen molar-refractivity contribution in [3.05, 3.63) is 29.8 Å². The molecule has 1 N–H and O–H groups in total. The van der Waals surface area contributed by atoms with Crippen molar-refractivity contribution < 1.29 is 13.9 Å². The lowest BCUT2D eigenvalue weighted by atomic mass is 10.2. The number of alkyl halides is 1. The summed E-state index contributed by atoms with van der Waals surface area (Å²) < 4.78 is 17.9. The molecule has 1 rings (SSSR count). The molecule has 0 radical (unpaired) electrons.